The van der Waals surface area contributed by atoms with E-state index in [0.717, 1.165) is 6.61 Å². The Kier molecular flexibility index (Phi) is 1.29. The fourth-order valence-electron chi connectivity index (χ4n) is 0.788. The maximum atomic E-state index is 5.80. The zero-order valence-electron chi connectivity index (χ0n) is 5.48. The van der Waals surface area contributed by atoms with Gasteiger partial charge in [0.25, 0.3) is 0 Å². The Labute approximate surface area is 50.0 Å². The fraction of sp³-hybridized carbons (Fsp3) is 1.00. The van der Waals surface area contributed by atoms with Crippen LogP contribution in [0, 0.1) is 5.92 Å². The second-order valence-electron chi connectivity index (χ2n) is 2.92. The average molecular weight is 115 g/mol. The Bertz CT molecular complexity index is 90.5. The van der Waals surface area contributed by atoms with Crippen LogP contribution in [-0.4, -0.2) is 18.8 Å². The fourth-order valence-corrected chi connectivity index (χ4v) is 0.788. The van der Waals surface area contributed by atoms with Gasteiger partial charge in [0.05, 0.1) is 13.2 Å². The van der Waals surface area contributed by atoms with Crippen molar-refractivity contribution in [3.05, 3.63) is 0 Å². The van der Waals surface area contributed by atoms with Gasteiger partial charge in [0.1, 0.15) is 0 Å². The molecule has 2 N–H and O–H groups in total. The standard InChI is InChI=1S/C6H13NO/c1-5-3-8-4-6(5,2)7/h5H,3-4,7H2,1-2H3. The summed E-state index contributed by atoms with van der Waals surface area (Å²) in [5.74, 6) is 0.516. The molecule has 2 atom stereocenters. The van der Waals surface area contributed by atoms with E-state index in [0.29, 0.717) is 12.5 Å². The molecular formula is C6H13NO. The minimum atomic E-state index is -0.0694. The largest absolute Gasteiger partial charge is 0.379 e. The van der Waals surface area contributed by atoms with Gasteiger partial charge in [-0.2, -0.15) is 0 Å². The van der Waals surface area contributed by atoms with Crippen molar-refractivity contribution in [1.82, 2.24) is 0 Å². The molecule has 0 bridgehead atoms. The smallest absolute Gasteiger partial charge is 0.0647 e. The van der Waals surface area contributed by atoms with Crippen molar-refractivity contribution in [2.75, 3.05) is 13.2 Å². The van der Waals surface area contributed by atoms with Gasteiger partial charge >= 0.3 is 0 Å². The van der Waals surface area contributed by atoms with Crippen molar-refractivity contribution in [2.45, 2.75) is 19.4 Å². The van der Waals surface area contributed by atoms with Crippen LogP contribution in [0.25, 0.3) is 0 Å². The Morgan fingerprint density at radius 3 is 2.50 bits per heavy atom. The quantitative estimate of drug-likeness (QED) is 0.495. The first-order chi connectivity index (χ1) is 3.63. The highest BCUT2D eigenvalue weighted by Gasteiger charge is 2.32. The summed E-state index contributed by atoms with van der Waals surface area (Å²) < 4.78 is 5.15. The molecule has 48 valence electrons. The van der Waals surface area contributed by atoms with Crippen molar-refractivity contribution >= 4 is 0 Å². The summed E-state index contributed by atoms with van der Waals surface area (Å²) in [6.45, 7) is 5.69. The second kappa shape index (κ2) is 1.71. The Hall–Kier alpha value is -0.0800. The van der Waals surface area contributed by atoms with E-state index in [2.05, 4.69) is 6.92 Å². The molecule has 0 aromatic carbocycles. The normalized spacial score (nSPS) is 47.6. The Morgan fingerprint density at radius 2 is 2.38 bits per heavy atom. The third-order valence-electron chi connectivity index (χ3n) is 1.91. The lowest BCUT2D eigenvalue weighted by molar-refractivity contribution is 0.179. The Morgan fingerprint density at radius 1 is 1.75 bits per heavy atom. The minimum Gasteiger partial charge on any atom is -0.379 e. The SMILES string of the molecule is CC1COCC1(C)N. The molecule has 0 radical (unpaired) electrons. The van der Waals surface area contributed by atoms with E-state index in [1.54, 1.807) is 0 Å². The molecule has 0 aromatic heterocycles. The molecule has 2 heteroatoms. The van der Waals surface area contributed by atoms with Crippen LogP contribution in [0.2, 0.25) is 0 Å². The lowest BCUT2D eigenvalue weighted by Gasteiger charge is -2.19. The predicted molar refractivity (Wildman–Crippen MR) is 32.6 cm³/mol. The molecule has 1 saturated heterocycles. The number of ether oxygens (including phenoxy) is 1. The molecule has 0 aliphatic carbocycles. The van der Waals surface area contributed by atoms with Gasteiger partial charge in [-0.15, -0.1) is 0 Å². The average Bonchev–Trinajstić information content (AvgIpc) is 1.86. The predicted octanol–water partition coefficient (Wildman–Crippen LogP) is 0.370. The lowest BCUT2D eigenvalue weighted by Crippen LogP contribution is -2.42. The summed E-state index contributed by atoms with van der Waals surface area (Å²) in [7, 11) is 0. The molecule has 1 heterocycles. The number of hydrogen-bond acceptors (Lipinski definition) is 2. The van der Waals surface area contributed by atoms with E-state index in [1.165, 1.54) is 0 Å². The molecule has 2 unspecified atom stereocenters. The Balaban J connectivity index is 2.54. The monoisotopic (exact) mass is 115 g/mol. The van der Waals surface area contributed by atoms with E-state index in [-0.39, 0.29) is 5.54 Å². The van der Waals surface area contributed by atoms with E-state index in [1.807, 2.05) is 6.92 Å². The van der Waals surface area contributed by atoms with Crippen LogP contribution >= 0.6 is 0 Å². The first kappa shape index (κ1) is 6.05. The van der Waals surface area contributed by atoms with Crippen LogP contribution in [-0.2, 0) is 4.74 Å². The van der Waals surface area contributed by atoms with E-state index in [9.17, 15) is 0 Å². The van der Waals surface area contributed by atoms with Crippen molar-refractivity contribution < 1.29 is 4.74 Å². The van der Waals surface area contributed by atoms with Gasteiger partial charge < -0.3 is 10.5 Å². The minimum absolute atomic E-state index is 0.0694. The van der Waals surface area contributed by atoms with Crippen molar-refractivity contribution in [2.24, 2.45) is 11.7 Å². The zero-order valence-corrected chi connectivity index (χ0v) is 5.48. The maximum absolute atomic E-state index is 5.80. The zero-order chi connectivity index (χ0) is 6.20. The highest BCUT2D eigenvalue weighted by molar-refractivity contribution is 4.88. The first-order valence-electron chi connectivity index (χ1n) is 2.99. The summed E-state index contributed by atoms with van der Waals surface area (Å²) in [6, 6.07) is 0. The molecule has 2 nitrogen and oxygen atoms in total. The molecule has 1 aliphatic heterocycles. The summed E-state index contributed by atoms with van der Waals surface area (Å²) >= 11 is 0. The van der Waals surface area contributed by atoms with Crippen LogP contribution in [0.15, 0.2) is 0 Å². The molecule has 8 heavy (non-hydrogen) atoms. The van der Waals surface area contributed by atoms with Crippen LogP contribution in [0.3, 0.4) is 0 Å². The topological polar surface area (TPSA) is 35.2 Å². The van der Waals surface area contributed by atoms with Gasteiger partial charge in [-0.3, -0.25) is 0 Å². The van der Waals surface area contributed by atoms with E-state index >= 15 is 0 Å². The first-order valence-corrected chi connectivity index (χ1v) is 2.99. The maximum Gasteiger partial charge on any atom is 0.0647 e. The van der Waals surface area contributed by atoms with Gasteiger partial charge in [-0.1, -0.05) is 6.92 Å². The highest BCUT2D eigenvalue weighted by Crippen LogP contribution is 2.20. The van der Waals surface area contributed by atoms with Crippen LogP contribution in [0.4, 0.5) is 0 Å². The lowest BCUT2D eigenvalue weighted by atomic mass is 9.92. The highest BCUT2D eigenvalue weighted by atomic mass is 16.5. The van der Waals surface area contributed by atoms with Gasteiger partial charge in [0.2, 0.25) is 0 Å². The molecule has 0 amide bonds. The summed E-state index contributed by atoms with van der Waals surface area (Å²) in [4.78, 5) is 0. The van der Waals surface area contributed by atoms with Crippen LogP contribution in [0.1, 0.15) is 13.8 Å². The van der Waals surface area contributed by atoms with Gasteiger partial charge in [-0.05, 0) is 12.8 Å². The van der Waals surface area contributed by atoms with Crippen molar-refractivity contribution in [1.29, 1.82) is 0 Å². The molecule has 1 fully saturated rings. The third kappa shape index (κ3) is 0.858. The number of rotatable bonds is 0. The van der Waals surface area contributed by atoms with Gasteiger partial charge in [0.15, 0.2) is 0 Å². The summed E-state index contributed by atoms with van der Waals surface area (Å²) in [6.07, 6.45) is 0. The number of hydrogen-bond donors (Lipinski definition) is 1. The van der Waals surface area contributed by atoms with Gasteiger partial charge in [0, 0.05) is 5.54 Å². The molecule has 0 aromatic rings. The molecule has 0 saturated carbocycles. The van der Waals surface area contributed by atoms with Crippen LogP contribution < -0.4 is 5.73 Å². The molecular weight excluding hydrogens is 102 g/mol. The van der Waals surface area contributed by atoms with E-state index < -0.39 is 0 Å². The summed E-state index contributed by atoms with van der Waals surface area (Å²) in [5, 5.41) is 0. The molecule has 1 aliphatic rings. The van der Waals surface area contributed by atoms with Crippen LogP contribution in [0.5, 0.6) is 0 Å². The third-order valence-corrected chi connectivity index (χ3v) is 1.91. The van der Waals surface area contributed by atoms with Crippen molar-refractivity contribution in [3.8, 4) is 0 Å². The molecule has 1 rings (SSSR count). The van der Waals surface area contributed by atoms with E-state index in [4.69, 9.17) is 10.5 Å². The van der Waals surface area contributed by atoms with Gasteiger partial charge in [-0.25, -0.2) is 0 Å². The molecule has 0 spiro atoms. The second-order valence-corrected chi connectivity index (χ2v) is 2.92. The van der Waals surface area contributed by atoms with Crippen molar-refractivity contribution in [3.63, 3.8) is 0 Å². The summed E-state index contributed by atoms with van der Waals surface area (Å²) in [5.41, 5.74) is 5.73. The number of nitrogens with two attached hydrogens (primary N) is 1.